The topological polar surface area (TPSA) is 58.2 Å². The van der Waals surface area contributed by atoms with E-state index in [2.05, 4.69) is 10.6 Å². The molecule has 26 heavy (non-hydrogen) atoms. The second kappa shape index (κ2) is 8.85. The Kier molecular flexibility index (Phi) is 7.28. The van der Waals surface area contributed by atoms with Crippen LogP contribution >= 0.6 is 12.4 Å². The van der Waals surface area contributed by atoms with Crippen LogP contribution in [0.3, 0.4) is 0 Å². The minimum absolute atomic E-state index is 0. The summed E-state index contributed by atoms with van der Waals surface area (Å²) in [5.74, 6) is 1.11. The van der Waals surface area contributed by atoms with Gasteiger partial charge in [-0.1, -0.05) is 12.1 Å². The van der Waals surface area contributed by atoms with Crippen molar-refractivity contribution in [1.82, 2.24) is 5.32 Å². The Hall–Kier alpha value is -0.910. The lowest BCUT2D eigenvalue weighted by Crippen LogP contribution is -2.39. The highest BCUT2D eigenvalue weighted by atomic mass is 35.5. The molecule has 6 heteroatoms. The first-order chi connectivity index (χ1) is 11.8. The van der Waals surface area contributed by atoms with Crippen LogP contribution in [0.15, 0.2) is 24.3 Å². The van der Waals surface area contributed by atoms with Crippen molar-refractivity contribution >= 4 is 34.8 Å². The number of hydrogen-bond donors (Lipinski definition) is 2. The minimum atomic E-state index is -0.936. The Bertz CT molecular complexity index is 647. The standard InChI is InChI=1S/C20H30N2O2S.ClH/c1-20(2,3)25(24)13-14-5-4-6-16(9-14)22-19(23)12-15-10-17-7-8-18(11-15)21-17;/h4-6,9,15,17-18,21H,7-8,10-13H2,1-3H3,(H,22,23);1H. The first kappa shape index (κ1) is 21.4. The molecular weight excluding hydrogens is 368 g/mol. The summed E-state index contributed by atoms with van der Waals surface area (Å²) < 4.78 is 12.1. The predicted octanol–water partition coefficient (Wildman–Crippen LogP) is 4.01. The van der Waals surface area contributed by atoms with Crippen LogP contribution < -0.4 is 10.6 Å². The van der Waals surface area contributed by atoms with Crippen molar-refractivity contribution in [2.75, 3.05) is 5.32 Å². The summed E-state index contributed by atoms with van der Waals surface area (Å²) in [5.41, 5.74) is 1.82. The summed E-state index contributed by atoms with van der Waals surface area (Å²) in [4.78, 5) is 12.4. The fourth-order valence-corrected chi connectivity index (χ4v) is 4.84. The number of anilines is 1. The van der Waals surface area contributed by atoms with E-state index >= 15 is 0 Å². The molecule has 3 unspecified atom stereocenters. The van der Waals surface area contributed by atoms with Gasteiger partial charge in [-0.2, -0.15) is 0 Å². The summed E-state index contributed by atoms with van der Waals surface area (Å²) >= 11 is 0. The van der Waals surface area contributed by atoms with Crippen molar-refractivity contribution < 1.29 is 9.00 Å². The Morgan fingerprint density at radius 3 is 2.50 bits per heavy atom. The molecule has 2 bridgehead atoms. The number of hydrogen-bond acceptors (Lipinski definition) is 3. The number of benzene rings is 1. The molecule has 146 valence electrons. The number of halogens is 1. The molecule has 0 aliphatic carbocycles. The van der Waals surface area contributed by atoms with Crippen LogP contribution in [-0.4, -0.2) is 26.9 Å². The van der Waals surface area contributed by atoms with Crippen molar-refractivity contribution in [3.05, 3.63) is 29.8 Å². The van der Waals surface area contributed by atoms with Crippen molar-refractivity contribution in [3.8, 4) is 0 Å². The van der Waals surface area contributed by atoms with Gasteiger partial charge in [-0.15, -0.1) is 12.4 Å². The highest BCUT2D eigenvalue weighted by Crippen LogP contribution is 2.32. The Morgan fingerprint density at radius 2 is 1.88 bits per heavy atom. The molecule has 1 aromatic carbocycles. The molecule has 0 saturated carbocycles. The second-order valence-electron chi connectivity index (χ2n) is 8.53. The van der Waals surface area contributed by atoms with Gasteiger partial charge in [0.15, 0.2) is 0 Å². The van der Waals surface area contributed by atoms with Gasteiger partial charge < -0.3 is 10.6 Å². The van der Waals surface area contributed by atoms with Crippen LogP contribution in [0.1, 0.15) is 58.4 Å². The molecule has 0 spiro atoms. The summed E-state index contributed by atoms with van der Waals surface area (Å²) in [7, 11) is -0.936. The molecule has 3 rings (SSSR count). The lowest BCUT2D eigenvalue weighted by Gasteiger charge is -2.28. The van der Waals surface area contributed by atoms with Gasteiger partial charge in [-0.3, -0.25) is 9.00 Å². The van der Waals surface area contributed by atoms with Crippen LogP contribution in [0.25, 0.3) is 0 Å². The van der Waals surface area contributed by atoms with E-state index < -0.39 is 10.8 Å². The van der Waals surface area contributed by atoms with Crippen molar-refractivity contribution in [2.45, 2.75) is 75.5 Å². The number of carbonyl (C=O) groups excluding carboxylic acids is 1. The molecule has 3 atom stereocenters. The van der Waals surface area contributed by atoms with E-state index in [1.807, 2.05) is 45.0 Å². The molecule has 2 N–H and O–H groups in total. The van der Waals surface area contributed by atoms with Gasteiger partial charge in [0.2, 0.25) is 5.91 Å². The summed E-state index contributed by atoms with van der Waals surface area (Å²) in [5, 5.41) is 6.65. The summed E-state index contributed by atoms with van der Waals surface area (Å²) in [6.07, 6.45) is 5.36. The van der Waals surface area contributed by atoms with Crippen molar-refractivity contribution in [1.29, 1.82) is 0 Å². The number of fused-ring (bicyclic) bond motifs is 2. The molecule has 0 aromatic heterocycles. The van der Waals surface area contributed by atoms with Gasteiger partial charge >= 0.3 is 0 Å². The highest BCUT2D eigenvalue weighted by molar-refractivity contribution is 7.85. The lowest BCUT2D eigenvalue weighted by molar-refractivity contribution is -0.117. The number of nitrogens with one attached hydrogen (secondary N) is 2. The molecular formula is C20H31ClN2O2S. The number of piperidine rings is 1. The van der Waals surface area contributed by atoms with Crippen molar-refractivity contribution in [3.63, 3.8) is 0 Å². The largest absolute Gasteiger partial charge is 0.326 e. The minimum Gasteiger partial charge on any atom is -0.326 e. The van der Waals surface area contributed by atoms with Gasteiger partial charge in [0.05, 0.1) is 0 Å². The third kappa shape index (κ3) is 5.80. The van der Waals surface area contributed by atoms with Gasteiger partial charge in [-0.05, 0) is 70.1 Å². The summed E-state index contributed by atoms with van der Waals surface area (Å²) in [6.45, 7) is 5.96. The van der Waals surface area contributed by atoms with E-state index in [1.165, 1.54) is 12.8 Å². The van der Waals surface area contributed by atoms with E-state index in [0.29, 0.717) is 30.2 Å². The third-order valence-corrected chi connectivity index (χ3v) is 7.20. The first-order valence-corrected chi connectivity index (χ1v) is 10.6. The lowest BCUT2D eigenvalue weighted by atomic mass is 9.89. The Morgan fingerprint density at radius 1 is 1.23 bits per heavy atom. The van der Waals surface area contributed by atoms with Crippen LogP contribution in [0.5, 0.6) is 0 Å². The van der Waals surface area contributed by atoms with E-state index in [4.69, 9.17) is 0 Å². The van der Waals surface area contributed by atoms with Gasteiger partial charge in [0.1, 0.15) is 0 Å². The smallest absolute Gasteiger partial charge is 0.224 e. The average Bonchev–Trinajstić information content (AvgIpc) is 2.85. The molecule has 2 aliphatic heterocycles. The predicted molar refractivity (Wildman–Crippen MR) is 111 cm³/mol. The Balaban J connectivity index is 0.00000243. The zero-order valence-electron chi connectivity index (χ0n) is 15.9. The third-order valence-electron chi connectivity index (χ3n) is 5.24. The fraction of sp³-hybridized carbons (Fsp3) is 0.650. The van der Waals surface area contributed by atoms with E-state index in [0.717, 1.165) is 24.1 Å². The van der Waals surface area contributed by atoms with E-state index in [1.54, 1.807) is 0 Å². The Labute approximate surface area is 165 Å². The molecule has 2 heterocycles. The van der Waals surface area contributed by atoms with Crippen LogP contribution in [0, 0.1) is 5.92 Å². The zero-order valence-corrected chi connectivity index (χ0v) is 17.6. The number of carbonyl (C=O) groups is 1. The quantitative estimate of drug-likeness (QED) is 0.787. The second-order valence-corrected chi connectivity index (χ2v) is 10.7. The van der Waals surface area contributed by atoms with Gasteiger partial charge in [0.25, 0.3) is 0 Å². The zero-order chi connectivity index (χ0) is 18.0. The first-order valence-electron chi connectivity index (χ1n) is 9.33. The molecule has 1 amide bonds. The number of rotatable bonds is 5. The molecule has 2 saturated heterocycles. The molecule has 2 aliphatic rings. The maximum absolute atomic E-state index is 12.4. The maximum Gasteiger partial charge on any atom is 0.224 e. The monoisotopic (exact) mass is 398 g/mol. The van der Waals surface area contributed by atoms with Crippen LogP contribution in [-0.2, 0) is 21.3 Å². The van der Waals surface area contributed by atoms with E-state index in [9.17, 15) is 9.00 Å². The van der Waals surface area contributed by atoms with Crippen LogP contribution in [0.2, 0.25) is 0 Å². The SMILES string of the molecule is CC(C)(C)S(=O)Cc1cccc(NC(=O)CC2CC3CCC(C2)N3)c1.Cl. The van der Waals surface area contributed by atoms with Gasteiger partial charge in [0, 0.05) is 45.5 Å². The van der Waals surface area contributed by atoms with Gasteiger partial charge in [-0.25, -0.2) is 0 Å². The molecule has 4 nitrogen and oxygen atoms in total. The normalized spacial score (nSPS) is 26.0. The summed E-state index contributed by atoms with van der Waals surface area (Å²) in [6, 6.07) is 9.00. The molecule has 0 radical (unpaired) electrons. The molecule has 2 fully saturated rings. The maximum atomic E-state index is 12.4. The van der Waals surface area contributed by atoms with E-state index in [-0.39, 0.29) is 23.1 Å². The number of amides is 1. The van der Waals surface area contributed by atoms with Crippen molar-refractivity contribution in [2.24, 2.45) is 5.92 Å². The van der Waals surface area contributed by atoms with Crippen LogP contribution in [0.4, 0.5) is 5.69 Å². The fourth-order valence-electron chi connectivity index (χ4n) is 3.92. The highest BCUT2D eigenvalue weighted by Gasteiger charge is 2.34. The average molecular weight is 399 g/mol. The molecule has 1 aromatic rings.